The molecular formula is C8H13N3O. The fourth-order valence-electron chi connectivity index (χ4n) is 0.824. The average Bonchev–Trinajstić information content (AvgIpc) is 2.53. The fourth-order valence-corrected chi connectivity index (χ4v) is 0.824. The predicted octanol–water partition coefficient (Wildman–Crippen LogP) is 1.68. The van der Waals surface area contributed by atoms with Crippen LogP contribution in [0, 0.1) is 5.92 Å². The van der Waals surface area contributed by atoms with E-state index in [1.165, 1.54) is 6.39 Å². The first-order valence-electron chi connectivity index (χ1n) is 3.81. The highest BCUT2D eigenvalue weighted by atomic mass is 16.4. The van der Waals surface area contributed by atoms with E-state index in [0.717, 1.165) is 5.70 Å². The minimum atomic E-state index is 0.377. The lowest BCUT2D eigenvalue weighted by Gasteiger charge is -2.19. The smallest absolute Gasteiger partial charge is 0.322 e. The van der Waals surface area contributed by atoms with E-state index in [2.05, 4.69) is 30.6 Å². The molecule has 66 valence electrons. The third-order valence-electron chi connectivity index (χ3n) is 1.73. The maximum atomic E-state index is 5.01. The summed E-state index contributed by atoms with van der Waals surface area (Å²) < 4.78 is 5.01. The van der Waals surface area contributed by atoms with Crippen molar-refractivity contribution >= 4 is 6.01 Å². The molecule has 0 aliphatic heterocycles. The highest BCUT2D eigenvalue weighted by Gasteiger charge is 2.11. The molecule has 0 bridgehead atoms. The molecule has 4 heteroatoms. The average molecular weight is 167 g/mol. The lowest BCUT2D eigenvalue weighted by atomic mass is 10.1. The van der Waals surface area contributed by atoms with Crippen molar-refractivity contribution in [3.8, 4) is 0 Å². The van der Waals surface area contributed by atoms with E-state index in [4.69, 9.17) is 4.42 Å². The zero-order valence-electron chi connectivity index (χ0n) is 7.61. The summed E-state index contributed by atoms with van der Waals surface area (Å²) in [7, 11) is 1.86. The van der Waals surface area contributed by atoms with Crippen molar-refractivity contribution in [2.75, 3.05) is 11.9 Å². The van der Waals surface area contributed by atoms with Gasteiger partial charge < -0.3 is 9.32 Å². The van der Waals surface area contributed by atoms with Crippen LogP contribution in [0.3, 0.4) is 0 Å². The Balaban J connectivity index is 2.72. The number of allylic oxidation sites excluding steroid dienone is 1. The Hall–Kier alpha value is -1.32. The highest BCUT2D eigenvalue weighted by Crippen LogP contribution is 2.17. The van der Waals surface area contributed by atoms with Crippen LogP contribution in [0.2, 0.25) is 0 Å². The summed E-state index contributed by atoms with van der Waals surface area (Å²) in [6.07, 6.45) is 1.30. The molecule has 1 rings (SSSR count). The quantitative estimate of drug-likeness (QED) is 0.686. The van der Waals surface area contributed by atoms with E-state index in [1.54, 1.807) is 4.90 Å². The standard InChI is InChI=1S/C8H13N3O/c1-6(2)7(3)11(4)8-10-9-5-12-8/h5-6H,3H2,1-2,4H3. The maximum absolute atomic E-state index is 5.01. The minimum absolute atomic E-state index is 0.377. The number of anilines is 1. The van der Waals surface area contributed by atoms with E-state index in [0.29, 0.717) is 11.9 Å². The molecule has 0 N–H and O–H groups in total. The van der Waals surface area contributed by atoms with Crippen LogP contribution in [0.15, 0.2) is 23.1 Å². The number of nitrogens with zero attached hydrogens (tertiary/aromatic N) is 3. The van der Waals surface area contributed by atoms with Gasteiger partial charge in [-0.2, -0.15) is 0 Å². The van der Waals surface area contributed by atoms with Gasteiger partial charge in [-0.3, -0.25) is 0 Å². The van der Waals surface area contributed by atoms with Crippen molar-refractivity contribution in [1.82, 2.24) is 10.2 Å². The van der Waals surface area contributed by atoms with Crippen molar-refractivity contribution in [2.45, 2.75) is 13.8 Å². The van der Waals surface area contributed by atoms with Crippen LogP contribution < -0.4 is 4.90 Å². The second-order valence-corrected chi connectivity index (χ2v) is 2.93. The Kier molecular flexibility index (Phi) is 2.47. The van der Waals surface area contributed by atoms with Crippen molar-refractivity contribution in [1.29, 1.82) is 0 Å². The first-order chi connectivity index (χ1) is 5.63. The van der Waals surface area contributed by atoms with Gasteiger partial charge >= 0.3 is 6.01 Å². The van der Waals surface area contributed by atoms with E-state index in [9.17, 15) is 0 Å². The van der Waals surface area contributed by atoms with Crippen molar-refractivity contribution in [3.63, 3.8) is 0 Å². The van der Waals surface area contributed by atoms with Crippen LogP contribution in [0.25, 0.3) is 0 Å². The molecule has 0 radical (unpaired) electrons. The summed E-state index contributed by atoms with van der Waals surface area (Å²) in [5.74, 6) is 0.377. The third-order valence-corrected chi connectivity index (χ3v) is 1.73. The largest absolute Gasteiger partial charge is 0.411 e. The van der Waals surface area contributed by atoms with Gasteiger partial charge in [0.25, 0.3) is 0 Å². The summed E-state index contributed by atoms with van der Waals surface area (Å²) >= 11 is 0. The lowest BCUT2D eigenvalue weighted by molar-refractivity contribution is 0.544. The van der Waals surface area contributed by atoms with Gasteiger partial charge in [0.15, 0.2) is 0 Å². The molecule has 0 fully saturated rings. The van der Waals surface area contributed by atoms with Crippen molar-refractivity contribution in [2.24, 2.45) is 5.92 Å². The number of hydrogen-bond donors (Lipinski definition) is 0. The van der Waals surface area contributed by atoms with Crippen LogP contribution in [0.5, 0.6) is 0 Å². The Morgan fingerprint density at radius 1 is 1.67 bits per heavy atom. The van der Waals surface area contributed by atoms with Gasteiger partial charge in [-0.15, -0.1) is 5.10 Å². The second kappa shape index (κ2) is 3.38. The molecule has 1 aromatic heterocycles. The third kappa shape index (κ3) is 1.64. The molecule has 4 nitrogen and oxygen atoms in total. The van der Waals surface area contributed by atoms with Gasteiger partial charge in [0.05, 0.1) is 0 Å². The molecule has 0 saturated heterocycles. The molecule has 0 unspecified atom stereocenters. The molecule has 0 spiro atoms. The van der Waals surface area contributed by atoms with Gasteiger partial charge in [0, 0.05) is 12.7 Å². The van der Waals surface area contributed by atoms with E-state index in [1.807, 2.05) is 7.05 Å². The molecule has 0 aromatic carbocycles. The molecule has 0 atom stereocenters. The normalized spacial score (nSPS) is 10.3. The number of hydrogen-bond acceptors (Lipinski definition) is 4. The van der Waals surface area contributed by atoms with Gasteiger partial charge in [-0.05, 0) is 5.92 Å². The Morgan fingerprint density at radius 2 is 2.33 bits per heavy atom. The second-order valence-electron chi connectivity index (χ2n) is 2.93. The van der Waals surface area contributed by atoms with Crippen LogP contribution in [0.1, 0.15) is 13.8 Å². The Labute approximate surface area is 71.9 Å². The Bertz CT molecular complexity index is 253. The van der Waals surface area contributed by atoms with Crippen LogP contribution in [-0.2, 0) is 0 Å². The molecule has 0 amide bonds. The summed E-state index contributed by atoms with van der Waals surface area (Å²) in [4.78, 5) is 1.79. The number of aromatic nitrogens is 2. The minimum Gasteiger partial charge on any atom is -0.411 e. The highest BCUT2D eigenvalue weighted by molar-refractivity contribution is 5.33. The number of rotatable bonds is 3. The molecule has 1 heterocycles. The van der Waals surface area contributed by atoms with Crippen molar-refractivity contribution in [3.05, 3.63) is 18.7 Å². The summed E-state index contributed by atoms with van der Waals surface area (Å²) in [6, 6.07) is 0.480. The molecule has 0 aliphatic rings. The van der Waals surface area contributed by atoms with Gasteiger partial charge in [0.1, 0.15) is 0 Å². The first kappa shape index (κ1) is 8.77. The van der Waals surface area contributed by atoms with Crippen LogP contribution in [-0.4, -0.2) is 17.2 Å². The van der Waals surface area contributed by atoms with E-state index < -0.39 is 0 Å². The molecule has 0 aliphatic carbocycles. The first-order valence-corrected chi connectivity index (χ1v) is 3.81. The summed E-state index contributed by atoms with van der Waals surface area (Å²) in [5.41, 5.74) is 0.958. The van der Waals surface area contributed by atoms with E-state index in [-0.39, 0.29) is 0 Å². The molecule has 1 aromatic rings. The molecular weight excluding hydrogens is 154 g/mol. The fraction of sp³-hybridized carbons (Fsp3) is 0.500. The van der Waals surface area contributed by atoms with Crippen LogP contribution in [0.4, 0.5) is 6.01 Å². The van der Waals surface area contributed by atoms with E-state index >= 15 is 0 Å². The monoisotopic (exact) mass is 167 g/mol. The zero-order chi connectivity index (χ0) is 9.14. The Morgan fingerprint density at radius 3 is 2.75 bits per heavy atom. The summed E-state index contributed by atoms with van der Waals surface area (Å²) in [5, 5.41) is 7.35. The van der Waals surface area contributed by atoms with Gasteiger partial charge in [0.2, 0.25) is 6.39 Å². The predicted molar refractivity (Wildman–Crippen MR) is 46.7 cm³/mol. The SMILES string of the molecule is C=C(C(C)C)N(C)c1nnco1. The lowest BCUT2D eigenvalue weighted by Crippen LogP contribution is -2.19. The van der Waals surface area contributed by atoms with Gasteiger partial charge in [-0.25, -0.2) is 0 Å². The zero-order valence-corrected chi connectivity index (χ0v) is 7.61. The topological polar surface area (TPSA) is 42.2 Å². The van der Waals surface area contributed by atoms with Gasteiger partial charge in [-0.1, -0.05) is 25.5 Å². The van der Waals surface area contributed by atoms with Crippen molar-refractivity contribution < 1.29 is 4.42 Å². The maximum Gasteiger partial charge on any atom is 0.322 e. The van der Waals surface area contributed by atoms with Crippen LogP contribution >= 0.6 is 0 Å². The molecule has 0 saturated carbocycles. The summed E-state index contributed by atoms with van der Waals surface area (Å²) in [6.45, 7) is 8.04. The molecule has 12 heavy (non-hydrogen) atoms.